The number of methoxy groups -OCH3 is 1. The molecule has 2 aliphatic rings. The first kappa shape index (κ1) is 28.2. The molecule has 1 fully saturated rings. The summed E-state index contributed by atoms with van der Waals surface area (Å²) in [5.74, 6) is -2.04. The van der Waals surface area contributed by atoms with Gasteiger partial charge in [-0.1, -0.05) is 5.16 Å². The third-order valence-corrected chi connectivity index (χ3v) is 6.87. The van der Waals surface area contributed by atoms with E-state index >= 15 is 0 Å². The van der Waals surface area contributed by atoms with Crippen molar-refractivity contribution in [1.29, 1.82) is 0 Å². The van der Waals surface area contributed by atoms with Crippen LogP contribution in [0.4, 0.5) is 9.93 Å². The number of nitrogen functional groups attached to an aromatic ring is 1. The Morgan fingerprint density at radius 3 is 2.76 bits per heavy atom. The Morgan fingerprint density at radius 1 is 1.32 bits per heavy atom. The number of nitrogens with one attached hydrogen (secondary N) is 1. The van der Waals surface area contributed by atoms with Crippen molar-refractivity contribution in [2.45, 2.75) is 18.3 Å². The number of β-lactam (4-membered cyclic amide) rings is 1. The lowest BCUT2D eigenvalue weighted by molar-refractivity contribution is -0.151. The fourth-order valence-electron chi connectivity index (χ4n) is 3.25. The number of fused-ring (bicyclic) bond motifs is 1. The molecule has 17 heteroatoms. The molecule has 2 aliphatic heterocycles. The van der Waals surface area contributed by atoms with Crippen LogP contribution < -0.4 is 11.1 Å². The topological polar surface area (TPSA) is 201 Å². The maximum Gasteiger partial charge on any atom is 0.515 e. The summed E-state index contributed by atoms with van der Waals surface area (Å²) in [7, 11) is 1.43. The lowest BCUT2D eigenvalue weighted by Crippen LogP contribution is -2.70. The molecule has 3 rings (SSSR count). The summed E-state index contributed by atoms with van der Waals surface area (Å²) in [6.07, 6.45) is -1.23. The molecule has 1 unspecified atom stereocenters. The molecule has 1 aromatic heterocycles. The molecule has 2 atom stereocenters. The Bertz CT molecular complexity index is 1090. The molecule has 15 nitrogen and oxygen atoms in total. The first-order valence-electron chi connectivity index (χ1n) is 10.8. The summed E-state index contributed by atoms with van der Waals surface area (Å²) in [5, 5.41) is 15.7. The minimum atomic E-state index is -1.23. The van der Waals surface area contributed by atoms with Crippen LogP contribution >= 0.6 is 23.1 Å². The molecule has 1 aromatic rings. The van der Waals surface area contributed by atoms with Crippen LogP contribution in [0, 0.1) is 0 Å². The predicted molar refractivity (Wildman–Crippen MR) is 129 cm³/mol. The van der Waals surface area contributed by atoms with Crippen molar-refractivity contribution in [3.63, 3.8) is 0 Å². The van der Waals surface area contributed by atoms with Crippen LogP contribution in [0.1, 0.15) is 12.6 Å². The number of esters is 1. The van der Waals surface area contributed by atoms with Crippen molar-refractivity contribution in [3.05, 3.63) is 22.5 Å². The average Bonchev–Trinajstić information content (AvgIpc) is 3.30. The minimum Gasteiger partial charge on any atom is -0.461 e. The highest BCUT2D eigenvalue weighted by Gasteiger charge is 2.54. The molecule has 2 amide bonds. The number of amides is 2. The zero-order chi connectivity index (χ0) is 26.9. The predicted octanol–water partition coefficient (Wildman–Crippen LogP) is -0.106. The summed E-state index contributed by atoms with van der Waals surface area (Å²) >= 11 is 2.34. The summed E-state index contributed by atoms with van der Waals surface area (Å²) in [4.78, 5) is 54.6. The number of carbonyl (C=O) groups is 4. The zero-order valence-electron chi connectivity index (χ0n) is 19.8. The Morgan fingerprint density at radius 2 is 2.11 bits per heavy atom. The van der Waals surface area contributed by atoms with Gasteiger partial charge >= 0.3 is 12.1 Å². The molecular formula is C20H25N5O10S2. The van der Waals surface area contributed by atoms with Gasteiger partial charge in [-0.05, 0) is 6.92 Å². The van der Waals surface area contributed by atoms with E-state index in [9.17, 15) is 24.4 Å². The minimum absolute atomic E-state index is 0.00106. The molecule has 202 valence electrons. The van der Waals surface area contributed by atoms with Crippen molar-refractivity contribution in [1.82, 2.24) is 15.2 Å². The number of nitrogens with two attached hydrogens (primary N) is 1. The highest BCUT2D eigenvalue weighted by molar-refractivity contribution is 8.00. The standard InChI is InChI=1S/C20H25N5O10S2/c1-3-32-4-5-33-12(26)7-34-20(29)35-17-10(6-31-2)8-36-18-14(16(28)25(17)18)23-15(27)13(24-30)11-9-37-19(21)22-11/h9,14,18,30H,3-8H2,1-2H3,(H2,21,22)(H,23,27)/b24-13-/t14?,18-/m0/s1. The van der Waals surface area contributed by atoms with Gasteiger partial charge in [-0.25, -0.2) is 14.6 Å². The SMILES string of the molecule is CCOCCOC(=O)COC(=O)OC1=C(COC)CS[C@H]2C(NC(=O)/C(=N\O)c3csc(N)n3)C(=O)N12. The molecule has 37 heavy (non-hydrogen) atoms. The van der Waals surface area contributed by atoms with Gasteiger partial charge in [0, 0.05) is 30.4 Å². The van der Waals surface area contributed by atoms with Crippen molar-refractivity contribution in [3.8, 4) is 0 Å². The van der Waals surface area contributed by atoms with Crippen molar-refractivity contribution < 1.29 is 48.1 Å². The third kappa shape index (κ3) is 6.88. The molecule has 3 heterocycles. The highest BCUT2D eigenvalue weighted by atomic mass is 32.2. The molecule has 0 bridgehead atoms. The number of oxime groups is 1. The number of thiazole rings is 1. The molecule has 0 aromatic carbocycles. The van der Waals surface area contributed by atoms with Crippen LogP contribution in [0.5, 0.6) is 0 Å². The van der Waals surface area contributed by atoms with Gasteiger partial charge in [-0.15, -0.1) is 23.1 Å². The van der Waals surface area contributed by atoms with Crippen molar-refractivity contribution in [2.24, 2.45) is 5.16 Å². The van der Waals surface area contributed by atoms with Crippen molar-refractivity contribution in [2.75, 3.05) is 51.6 Å². The van der Waals surface area contributed by atoms with Gasteiger partial charge in [-0.2, -0.15) is 0 Å². The van der Waals surface area contributed by atoms with Crippen LogP contribution in [0.25, 0.3) is 0 Å². The van der Waals surface area contributed by atoms with E-state index in [1.807, 2.05) is 0 Å². The van der Waals surface area contributed by atoms with Crippen LogP contribution in [-0.2, 0) is 38.1 Å². The lowest BCUT2D eigenvalue weighted by Gasteiger charge is -2.49. The average molecular weight is 560 g/mol. The summed E-state index contributed by atoms with van der Waals surface area (Å²) in [6.45, 7) is 1.82. The van der Waals surface area contributed by atoms with Gasteiger partial charge in [0.05, 0.1) is 13.2 Å². The maximum absolute atomic E-state index is 12.9. The number of hydrogen-bond acceptors (Lipinski definition) is 15. The van der Waals surface area contributed by atoms with E-state index in [0.29, 0.717) is 17.9 Å². The molecular weight excluding hydrogens is 534 g/mol. The monoisotopic (exact) mass is 559 g/mol. The molecule has 0 saturated carbocycles. The maximum atomic E-state index is 12.9. The van der Waals surface area contributed by atoms with E-state index in [1.165, 1.54) is 29.2 Å². The Hall–Kier alpha value is -3.41. The number of hydrogen-bond donors (Lipinski definition) is 3. The molecule has 0 radical (unpaired) electrons. The molecule has 0 spiro atoms. The van der Waals surface area contributed by atoms with Crippen LogP contribution in [0.15, 0.2) is 22.0 Å². The van der Waals surface area contributed by atoms with E-state index in [0.717, 1.165) is 11.3 Å². The van der Waals surface area contributed by atoms with E-state index in [2.05, 4.69) is 15.5 Å². The molecule has 4 N–H and O–H groups in total. The van der Waals surface area contributed by atoms with Gasteiger partial charge in [0.15, 0.2) is 17.5 Å². The first-order valence-corrected chi connectivity index (χ1v) is 12.7. The second kappa shape index (κ2) is 13.2. The quantitative estimate of drug-likeness (QED) is 0.0765. The number of aromatic nitrogens is 1. The second-order valence-corrected chi connectivity index (χ2v) is 9.28. The van der Waals surface area contributed by atoms with Gasteiger partial charge in [0.25, 0.3) is 11.8 Å². The van der Waals surface area contributed by atoms with E-state index in [1.54, 1.807) is 6.92 Å². The van der Waals surface area contributed by atoms with Crippen LogP contribution in [-0.4, -0.2) is 102 Å². The van der Waals surface area contributed by atoms with Crippen LogP contribution in [0.3, 0.4) is 0 Å². The lowest BCUT2D eigenvalue weighted by atomic mass is 10.1. The number of carbonyl (C=O) groups excluding carboxylic acids is 4. The summed E-state index contributed by atoms with van der Waals surface area (Å²) in [5.41, 5.74) is 5.68. The molecule has 0 aliphatic carbocycles. The van der Waals surface area contributed by atoms with Gasteiger partial charge in [0.1, 0.15) is 23.7 Å². The number of thioether (sulfide) groups is 1. The third-order valence-electron chi connectivity index (χ3n) is 4.86. The highest BCUT2D eigenvalue weighted by Crippen LogP contribution is 2.40. The smallest absolute Gasteiger partial charge is 0.461 e. The fraction of sp³-hybridized carbons (Fsp3) is 0.500. The fourth-order valence-corrected chi connectivity index (χ4v) is 5.10. The number of nitrogens with zero attached hydrogens (tertiary/aromatic N) is 3. The zero-order valence-corrected chi connectivity index (χ0v) is 21.5. The van der Waals surface area contributed by atoms with Gasteiger partial charge in [0.2, 0.25) is 5.88 Å². The number of ether oxygens (including phenoxy) is 5. The Labute approximate surface area is 218 Å². The first-order chi connectivity index (χ1) is 17.8. The molecule has 1 saturated heterocycles. The largest absolute Gasteiger partial charge is 0.515 e. The normalized spacial score (nSPS) is 19.1. The summed E-state index contributed by atoms with van der Waals surface area (Å²) < 4.78 is 25.1. The van der Waals surface area contributed by atoms with Gasteiger partial charge < -0.3 is 39.9 Å². The van der Waals surface area contributed by atoms with Crippen LogP contribution in [0.2, 0.25) is 0 Å². The van der Waals surface area contributed by atoms with E-state index in [-0.39, 0.29) is 36.5 Å². The number of anilines is 1. The van der Waals surface area contributed by atoms with E-state index < -0.39 is 47.7 Å². The van der Waals surface area contributed by atoms with E-state index in [4.69, 9.17) is 29.4 Å². The Balaban J connectivity index is 1.61. The summed E-state index contributed by atoms with van der Waals surface area (Å²) in [6, 6.07) is -1.01. The van der Waals surface area contributed by atoms with Crippen molar-refractivity contribution >= 4 is 57.9 Å². The van der Waals surface area contributed by atoms with Gasteiger partial charge in [-0.3, -0.25) is 14.5 Å². The Kier molecular flexibility index (Phi) is 10.1. The number of rotatable bonds is 12. The second-order valence-electron chi connectivity index (χ2n) is 7.28.